The molecule has 1 atom stereocenters. The Bertz CT molecular complexity index is 738. The summed E-state index contributed by atoms with van der Waals surface area (Å²) in [5.41, 5.74) is 1.19. The molecule has 0 spiro atoms. The van der Waals surface area contributed by atoms with Gasteiger partial charge in [-0.15, -0.1) is 10.2 Å². The molecule has 0 saturated carbocycles. The van der Waals surface area contributed by atoms with Crippen LogP contribution in [0.15, 0.2) is 18.2 Å². The number of hydrogen-bond donors (Lipinski definition) is 0. The van der Waals surface area contributed by atoms with Gasteiger partial charge in [-0.3, -0.25) is 4.90 Å². The van der Waals surface area contributed by atoms with Crippen molar-refractivity contribution in [3.05, 3.63) is 29.6 Å². The molecule has 4 rings (SSSR count). The van der Waals surface area contributed by atoms with Gasteiger partial charge in [-0.1, -0.05) is 6.07 Å². The maximum atomic E-state index is 5.84. The van der Waals surface area contributed by atoms with Crippen LogP contribution in [0, 0.1) is 0 Å². The van der Waals surface area contributed by atoms with Crippen molar-refractivity contribution in [2.75, 3.05) is 46.6 Å². The summed E-state index contributed by atoms with van der Waals surface area (Å²) >= 11 is 0. The number of hydrogen-bond acceptors (Lipinski definition) is 8. The fourth-order valence-electron chi connectivity index (χ4n) is 3.10. The molecule has 2 aliphatic heterocycles. The van der Waals surface area contributed by atoms with Crippen LogP contribution >= 0.6 is 0 Å². The number of benzene rings is 1. The van der Waals surface area contributed by atoms with Gasteiger partial charge >= 0.3 is 0 Å². The molecular formula is C17H23N5O4. The van der Waals surface area contributed by atoms with Gasteiger partial charge < -0.3 is 18.9 Å². The van der Waals surface area contributed by atoms with E-state index in [2.05, 4.69) is 32.4 Å². The number of aromatic nitrogens is 4. The van der Waals surface area contributed by atoms with Gasteiger partial charge in [-0.25, -0.2) is 0 Å². The maximum Gasteiger partial charge on any atom is 0.204 e. The Balaban J connectivity index is 1.38. The van der Waals surface area contributed by atoms with Gasteiger partial charge in [0.05, 0.1) is 19.8 Å². The van der Waals surface area contributed by atoms with E-state index < -0.39 is 0 Å². The van der Waals surface area contributed by atoms with Crippen LogP contribution < -0.4 is 9.47 Å². The monoisotopic (exact) mass is 361 g/mol. The van der Waals surface area contributed by atoms with Crippen molar-refractivity contribution < 1.29 is 18.9 Å². The van der Waals surface area contributed by atoms with E-state index in [1.54, 1.807) is 11.9 Å². The molecule has 1 aromatic heterocycles. The molecule has 0 radical (unpaired) electrons. The lowest BCUT2D eigenvalue weighted by Crippen LogP contribution is -2.38. The normalized spacial score (nSPS) is 20.3. The predicted molar refractivity (Wildman–Crippen MR) is 91.1 cm³/mol. The maximum absolute atomic E-state index is 5.84. The van der Waals surface area contributed by atoms with Crippen molar-refractivity contribution in [2.45, 2.75) is 19.2 Å². The Morgan fingerprint density at radius 1 is 1.19 bits per heavy atom. The van der Waals surface area contributed by atoms with Crippen LogP contribution in [0.3, 0.4) is 0 Å². The van der Waals surface area contributed by atoms with E-state index >= 15 is 0 Å². The Kier molecular flexibility index (Phi) is 5.28. The molecule has 0 N–H and O–H groups in total. The molecule has 1 saturated heterocycles. The van der Waals surface area contributed by atoms with E-state index in [0.717, 1.165) is 31.1 Å². The smallest absolute Gasteiger partial charge is 0.204 e. The summed E-state index contributed by atoms with van der Waals surface area (Å²) < 4.78 is 22.1. The van der Waals surface area contributed by atoms with Crippen LogP contribution in [0.1, 0.15) is 17.5 Å². The van der Waals surface area contributed by atoms with Gasteiger partial charge in [0, 0.05) is 26.7 Å². The number of ether oxygens (including phenoxy) is 4. The Morgan fingerprint density at radius 3 is 2.96 bits per heavy atom. The second-order valence-corrected chi connectivity index (χ2v) is 6.31. The molecule has 1 unspecified atom stereocenters. The second-order valence-electron chi connectivity index (χ2n) is 6.31. The lowest BCUT2D eigenvalue weighted by Gasteiger charge is -2.31. The number of tetrazole rings is 1. The molecule has 1 aromatic carbocycles. The first-order valence-corrected chi connectivity index (χ1v) is 8.81. The Labute approximate surface area is 151 Å². The molecule has 2 aromatic rings. The van der Waals surface area contributed by atoms with Gasteiger partial charge in [0.1, 0.15) is 19.3 Å². The zero-order valence-corrected chi connectivity index (χ0v) is 14.8. The van der Waals surface area contributed by atoms with Crippen molar-refractivity contribution in [3.8, 4) is 11.5 Å². The molecular weight excluding hydrogens is 338 g/mol. The van der Waals surface area contributed by atoms with E-state index in [-0.39, 0.29) is 6.10 Å². The number of morpholine rings is 1. The van der Waals surface area contributed by atoms with Crippen LogP contribution in [-0.4, -0.2) is 71.7 Å². The molecule has 26 heavy (non-hydrogen) atoms. The standard InChI is InChI=1S/C17H23N5O4/c1-23-6-5-22-19-17(18-20-22)16-12-21(4-7-24-16)11-13-2-3-14-15(10-13)26-9-8-25-14/h2-3,10,16H,4-9,11-12H2,1H3. The summed E-state index contributed by atoms with van der Waals surface area (Å²) in [7, 11) is 1.65. The number of fused-ring (bicyclic) bond motifs is 1. The molecule has 0 amide bonds. The summed E-state index contributed by atoms with van der Waals surface area (Å²) in [6.07, 6.45) is -0.169. The lowest BCUT2D eigenvalue weighted by atomic mass is 10.1. The third-order valence-electron chi connectivity index (χ3n) is 4.42. The highest BCUT2D eigenvalue weighted by Gasteiger charge is 2.26. The van der Waals surface area contributed by atoms with Gasteiger partial charge in [-0.05, 0) is 22.9 Å². The summed E-state index contributed by atoms with van der Waals surface area (Å²) in [5.74, 6) is 2.26. The van der Waals surface area contributed by atoms with E-state index in [1.807, 2.05) is 6.07 Å². The largest absolute Gasteiger partial charge is 0.486 e. The molecule has 0 bridgehead atoms. The third-order valence-corrected chi connectivity index (χ3v) is 4.42. The summed E-state index contributed by atoms with van der Waals surface area (Å²) in [6.45, 7) is 5.38. The highest BCUT2D eigenvalue weighted by Crippen LogP contribution is 2.31. The number of methoxy groups -OCH3 is 1. The SMILES string of the molecule is COCCn1nnc(C2CN(Cc3ccc4c(c3)OCCO4)CCO2)n1. The van der Waals surface area contributed by atoms with E-state index in [0.29, 0.717) is 38.8 Å². The van der Waals surface area contributed by atoms with Gasteiger partial charge in [0.2, 0.25) is 5.82 Å². The fraction of sp³-hybridized carbons (Fsp3) is 0.588. The molecule has 140 valence electrons. The Hall–Kier alpha value is -2.23. The minimum atomic E-state index is -0.169. The van der Waals surface area contributed by atoms with Crippen molar-refractivity contribution in [1.82, 2.24) is 25.1 Å². The molecule has 3 heterocycles. The van der Waals surface area contributed by atoms with E-state index in [1.165, 1.54) is 5.56 Å². The lowest BCUT2D eigenvalue weighted by molar-refractivity contribution is -0.0374. The van der Waals surface area contributed by atoms with E-state index in [9.17, 15) is 0 Å². The molecule has 1 fully saturated rings. The Morgan fingerprint density at radius 2 is 2.08 bits per heavy atom. The second kappa shape index (κ2) is 7.98. The average molecular weight is 361 g/mol. The zero-order chi connectivity index (χ0) is 17.8. The minimum absolute atomic E-state index is 0.169. The van der Waals surface area contributed by atoms with Gasteiger partial charge in [0.25, 0.3) is 0 Å². The highest BCUT2D eigenvalue weighted by atomic mass is 16.6. The first-order chi connectivity index (χ1) is 12.8. The fourth-order valence-corrected chi connectivity index (χ4v) is 3.10. The van der Waals surface area contributed by atoms with Crippen molar-refractivity contribution >= 4 is 0 Å². The molecule has 9 heteroatoms. The van der Waals surface area contributed by atoms with Crippen LogP contribution in [-0.2, 0) is 22.6 Å². The molecule has 9 nitrogen and oxygen atoms in total. The quantitative estimate of drug-likeness (QED) is 0.742. The van der Waals surface area contributed by atoms with Gasteiger partial charge in [-0.2, -0.15) is 4.80 Å². The third kappa shape index (κ3) is 3.95. The molecule has 2 aliphatic rings. The number of rotatable bonds is 6. The first-order valence-electron chi connectivity index (χ1n) is 8.81. The van der Waals surface area contributed by atoms with Crippen molar-refractivity contribution in [2.24, 2.45) is 0 Å². The van der Waals surface area contributed by atoms with Gasteiger partial charge in [0.15, 0.2) is 11.5 Å². The van der Waals surface area contributed by atoms with Crippen LogP contribution in [0.2, 0.25) is 0 Å². The minimum Gasteiger partial charge on any atom is -0.486 e. The van der Waals surface area contributed by atoms with Crippen LogP contribution in [0.4, 0.5) is 0 Å². The van der Waals surface area contributed by atoms with Crippen molar-refractivity contribution in [1.29, 1.82) is 0 Å². The zero-order valence-electron chi connectivity index (χ0n) is 14.8. The van der Waals surface area contributed by atoms with Crippen LogP contribution in [0.5, 0.6) is 11.5 Å². The topological polar surface area (TPSA) is 83.8 Å². The predicted octanol–water partition coefficient (Wildman–Crippen LogP) is 0.664. The van der Waals surface area contributed by atoms with Crippen LogP contribution in [0.25, 0.3) is 0 Å². The average Bonchev–Trinajstić information content (AvgIpc) is 3.15. The summed E-state index contributed by atoms with van der Waals surface area (Å²) in [5, 5.41) is 12.6. The van der Waals surface area contributed by atoms with E-state index in [4.69, 9.17) is 18.9 Å². The number of nitrogens with zero attached hydrogens (tertiary/aromatic N) is 5. The summed E-state index contributed by atoms with van der Waals surface area (Å²) in [4.78, 5) is 3.87. The highest BCUT2D eigenvalue weighted by molar-refractivity contribution is 5.43. The van der Waals surface area contributed by atoms with Crippen molar-refractivity contribution in [3.63, 3.8) is 0 Å². The summed E-state index contributed by atoms with van der Waals surface area (Å²) in [6, 6.07) is 6.11. The molecule has 0 aliphatic carbocycles. The first kappa shape index (κ1) is 17.2.